The van der Waals surface area contributed by atoms with Crippen molar-refractivity contribution in [3.05, 3.63) is 23.0 Å². The second-order valence-electron chi connectivity index (χ2n) is 2.86. The summed E-state index contributed by atoms with van der Waals surface area (Å²) in [4.78, 5) is 0. The molecule has 4 heteroatoms. The van der Waals surface area contributed by atoms with Gasteiger partial charge in [-0.05, 0) is 18.2 Å². The Morgan fingerprint density at radius 3 is 3.17 bits per heavy atom. The smallest absolute Gasteiger partial charge is 0.0685 e. The van der Waals surface area contributed by atoms with Crippen molar-refractivity contribution in [3.8, 4) is 0 Å². The van der Waals surface area contributed by atoms with Gasteiger partial charge in [-0.25, -0.2) is 0 Å². The summed E-state index contributed by atoms with van der Waals surface area (Å²) in [5.74, 6) is 2.97. The lowest BCUT2D eigenvalue weighted by molar-refractivity contribution is 0.729. The maximum atomic E-state index is 5.81. The van der Waals surface area contributed by atoms with E-state index in [-0.39, 0.29) is 0 Å². The fraction of sp³-hybridized carbons (Fsp3) is 0.500. The van der Waals surface area contributed by atoms with Crippen LogP contribution in [0.1, 0.15) is 18.0 Å². The predicted octanol–water partition coefficient (Wildman–Crippen LogP) is 2.35. The lowest BCUT2D eigenvalue weighted by atomic mass is 10.1. The highest BCUT2D eigenvalue weighted by Gasteiger charge is 2.19. The standard InChI is InChI=1S/C8H9ClN2S/c9-7-3-8(11-10-4-7)6-1-2-12-5-6/h3-4,6H,1-2,5H2. The third-order valence-corrected chi connectivity index (χ3v) is 3.36. The summed E-state index contributed by atoms with van der Waals surface area (Å²) in [5, 5.41) is 8.60. The molecule has 64 valence electrons. The van der Waals surface area contributed by atoms with Gasteiger partial charge in [0.2, 0.25) is 0 Å². The molecule has 1 unspecified atom stereocenters. The molecule has 0 spiro atoms. The van der Waals surface area contributed by atoms with E-state index in [1.165, 1.54) is 12.2 Å². The number of halogens is 1. The molecule has 0 aromatic carbocycles. The minimum Gasteiger partial charge on any atom is -0.161 e. The molecule has 0 aliphatic carbocycles. The normalized spacial score (nSPS) is 22.9. The molecule has 1 fully saturated rings. The average molecular weight is 201 g/mol. The van der Waals surface area contributed by atoms with Crippen LogP contribution in [0.25, 0.3) is 0 Å². The summed E-state index contributed by atoms with van der Waals surface area (Å²) in [7, 11) is 0. The van der Waals surface area contributed by atoms with Gasteiger partial charge in [-0.15, -0.1) is 0 Å². The maximum absolute atomic E-state index is 5.81. The van der Waals surface area contributed by atoms with E-state index >= 15 is 0 Å². The first-order valence-corrected chi connectivity index (χ1v) is 5.45. The first-order valence-electron chi connectivity index (χ1n) is 3.92. The van der Waals surface area contributed by atoms with Crippen LogP contribution < -0.4 is 0 Å². The Morgan fingerprint density at radius 1 is 1.58 bits per heavy atom. The molecule has 2 nitrogen and oxygen atoms in total. The largest absolute Gasteiger partial charge is 0.161 e. The van der Waals surface area contributed by atoms with E-state index in [0.717, 1.165) is 11.4 Å². The van der Waals surface area contributed by atoms with Gasteiger partial charge in [-0.1, -0.05) is 11.6 Å². The van der Waals surface area contributed by atoms with Crippen LogP contribution >= 0.6 is 23.4 Å². The lowest BCUT2D eigenvalue weighted by Crippen LogP contribution is -2.00. The Kier molecular flexibility index (Phi) is 2.51. The molecule has 0 N–H and O–H groups in total. The number of thioether (sulfide) groups is 1. The molecule has 0 radical (unpaired) electrons. The van der Waals surface area contributed by atoms with Gasteiger partial charge in [0.1, 0.15) is 0 Å². The Hall–Kier alpha value is -0.280. The predicted molar refractivity (Wildman–Crippen MR) is 51.7 cm³/mol. The number of hydrogen-bond acceptors (Lipinski definition) is 3. The fourth-order valence-corrected chi connectivity index (χ4v) is 2.72. The van der Waals surface area contributed by atoms with Crippen LogP contribution in [0, 0.1) is 0 Å². The van der Waals surface area contributed by atoms with E-state index in [2.05, 4.69) is 10.2 Å². The van der Waals surface area contributed by atoms with Crippen molar-refractivity contribution in [2.75, 3.05) is 11.5 Å². The van der Waals surface area contributed by atoms with Crippen LogP contribution in [0.2, 0.25) is 5.02 Å². The molecule has 2 heterocycles. The molecule has 1 atom stereocenters. The van der Waals surface area contributed by atoms with Gasteiger partial charge in [0.15, 0.2) is 0 Å². The van der Waals surface area contributed by atoms with Gasteiger partial charge >= 0.3 is 0 Å². The van der Waals surface area contributed by atoms with Crippen LogP contribution in [0.3, 0.4) is 0 Å². The van der Waals surface area contributed by atoms with Crippen molar-refractivity contribution >= 4 is 23.4 Å². The molecule has 1 aromatic heterocycles. The Labute approximate surface area is 80.7 Å². The van der Waals surface area contributed by atoms with E-state index in [9.17, 15) is 0 Å². The lowest BCUT2D eigenvalue weighted by Gasteiger charge is -2.05. The SMILES string of the molecule is Clc1cnnc(C2CCSC2)c1. The Bertz CT molecular complexity index is 274. The highest BCUT2D eigenvalue weighted by atomic mass is 35.5. The number of aromatic nitrogens is 2. The zero-order valence-corrected chi connectivity index (χ0v) is 8.11. The molecular formula is C8H9ClN2S. The average Bonchev–Trinajstić information content (AvgIpc) is 2.56. The third kappa shape index (κ3) is 1.72. The van der Waals surface area contributed by atoms with Crippen LogP contribution in [0.5, 0.6) is 0 Å². The maximum Gasteiger partial charge on any atom is 0.0685 e. The van der Waals surface area contributed by atoms with E-state index < -0.39 is 0 Å². The topological polar surface area (TPSA) is 25.8 Å². The Balaban J connectivity index is 2.21. The van der Waals surface area contributed by atoms with Crippen molar-refractivity contribution < 1.29 is 0 Å². The summed E-state index contributed by atoms with van der Waals surface area (Å²) in [6, 6.07) is 1.92. The van der Waals surface area contributed by atoms with Crippen molar-refractivity contribution in [3.63, 3.8) is 0 Å². The highest BCUT2D eigenvalue weighted by molar-refractivity contribution is 7.99. The summed E-state index contributed by atoms with van der Waals surface area (Å²) in [6.45, 7) is 0. The second kappa shape index (κ2) is 3.62. The van der Waals surface area contributed by atoms with Gasteiger partial charge in [-0.2, -0.15) is 22.0 Å². The van der Waals surface area contributed by atoms with Crippen LogP contribution in [-0.2, 0) is 0 Å². The van der Waals surface area contributed by atoms with Gasteiger partial charge in [-0.3, -0.25) is 0 Å². The van der Waals surface area contributed by atoms with E-state index in [4.69, 9.17) is 11.6 Å². The van der Waals surface area contributed by atoms with Gasteiger partial charge in [0.25, 0.3) is 0 Å². The quantitative estimate of drug-likeness (QED) is 0.696. The van der Waals surface area contributed by atoms with Crippen molar-refractivity contribution in [1.82, 2.24) is 10.2 Å². The monoisotopic (exact) mass is 200 g/mol. The molecule has 0 saturated carbocycles. The minimum absolute atomic E-state index is 0.571. The second-order valence-corrected chi connectivity index (χ2v) is 4.45. The molecule has 1 aliphatic rings. The van der Waals surface area contributed by atoms with E-state index in [0.29, 0.717) is 10.9 Å². The van der Waals surface area contributed by atoms with Gasteiger partial charge in [0, 0.05) is 11.7 Å². The van der Waals surface area contributed by atoms with Crippen molar-refractivity contribution in [2.45, 2.75) is 12.3 Å². The van der Waals surface area contributed by atoms with E-state index in [1.807, 2.05) is 17.8 Å². The Morgan fingerprint density at radius 2 is 2.50 bits per heavy atom. The molecule has 1 aliphatic heterocycles. The summed E-state index contributed by atoms with van der Waals surface area (Å²) in [6.07, 6.45) is 2.78. The number of nitrogens with zero attached hydrogens (tertiary/aromatic N) is 2. The summed E-state index contributed by atoms with van der Waals surface area (Å²) < 4.78 is 0. The zero-order chi connectivity index (χ0) is 8.39. The molecule has 12 heavy (non-hydrogen) atoms. The fourth-order valence-electron chi connectivity index (χ4n) is 1.33. The first kappa shape index (κ1) is 8.32. The molecule has 0 amide bonds. The van der Waals surface area contributed by atoms with Crippen LogP contribution in [0.15, 0.2) is 12.3 Å². The van der Waals surface area contributed by atoms with Gasteiger partial charge in [0.05, 0.1) is 16.9 Å². The number of rotatable bonds is 1. The summed E-state index contributed by atoms with van der Waals surface area (Å²) >= 11 is 7.79. The molecule has 1 aromatic rings. The minimum atomic E-state index is 0.571. The molecule has 1 saturated heterocycles. The van der Waals surface area contributed by atoms with Crippen molar-refractivity contribution in [2.24, 2.45) is 0 Å². The van der Waals surface area contributed by atoms with Crippen LogP contribution in [0.4, 0.5) is 0 Å². The van der Waals surface area contributed by atoms with Crippen LogP contribution in [-0.4, -0.2) is 21.7 Å². The summed E-state index contributed by atoms with van der Waals surface area (Å²) in [5.41, 5.74) is 1.05. The first-order chi connectivity index (χ1) is 5.86. The number of hydrogen-bond donors (Lipinski definition) is 0. The highest BCUT2D eigenvalue weighted by Crippen LogP contribution is 2.31. The van der Waals surface area contributed by atoms with Crippen molar-refractivity contribution in [1.29, 1.82) is 0 Å². The van der Waals surface area contributed by atoms with Gasteiger partial charge < -0.3 is 0 Å². The molecule has 0 bridgehead atoms. The van der Waals surface area contributed by atoms with E-state index in [1.54, 1.807) is 6.20 Å². The molecule has 2 rings (SSSR count). The molecular weight excluding hydrogens is 192 g/mol. The third-order valence-electron chi connectivity index (χ3n) is 1.99. The zero-order valence-electron chi connectivity index (χ0n) is 6.53.